The Hall–Kier alpha value is -2.55. The molecule has 2 heterocycles. The molecule has 0 aliphatic carbocycles. The fourth-order valence-electron chi connectivity index (χ4n) is 2.47. The van der Waals surface area contributed by atoms with E-state index >= 15 is 0 Å². The van der Waals surface area contributed by atoms with E-state index in [2.05, 4.69) is 20.6 Å². The van der Waals surface area contributed by atoms with E-state index in [1.54, 1.807) is 0 Å². The van der Waals surface area contributed by atoms with Crippen molar-refractivity contribution < 1.29 is 17.6 Å². The van der Waals surface area contributed by atoms with Crippen molar-refractivity contribution in [3.05, 3.63) is 52.2 Å². The highest BCUT2D eigenvalue weighted by Gasteiger charge is 2.33. The molecule has 0 radical (unpaired) electrons. The van der Waals surface area contributed by atoms with Gasteiger partial charge in [0, 0.05) is 30.3 Å². The minimum absolute atomic E-state index is 0.0840. The molecule has 27 heavy (non-hydrogen) atoms. The normalized spacial score (nSPS) is 12.5. The van der Waals surface area contributed by atoms with Gasteiger partial charge in [0.1, 0.15) is 16.4 Å². The Kier molecular flexibility index (Phi) is 6.00. The number of hydrogen-bond acceptors (Lipinski definition) is 4. The predicted octanol–water partition coefficient (Wildman–Crippen LogP) is 4.21. The molecule has 0 saturated heterocycles. The third-order valence-electron chi connectivity index (χ3n) is 3.70. The number of aliphatic imine (C=N–C) groups is 1. The second kappa shape index (κ2) is 8.43. The van der Waals surface area contributed by atoms with Crippen molar-refractivity contribution in [2.75, 3.05) is 13.1 Å². The quantitative estimate of drug-likeness (QED) is 0.484. The van der Waals surface area contributed by atoms with E-state index in [9.17, 15) is 13.2 Å². The smallest absolute Gasteiger partial charge is 0.434 e. The molecule has 0 spiro atoms. The van der Waals surface area contributed by atoms with Crippen molar-refractivity contribution in [3.8, 4) is 0 Å². The first kappa shape index (κ1) is 19.2. The molecule has 0 fully saturated rings. The van der Waals surface area contributed by atoms with Crippen molar-refractivity contribution >= 4 is 28.3 Å². The van der Waals surface area contributed by atoms with Gasteiger partial charge in [-0.25, -0.2) is 9.98 Å². The number of fused-ring (bicyclic) bond motifs is 1. The number of furan rings is 1. The highest BCUT2D eigenvalue weighted by atomic mass is 32.1. The van der Waals surface area contributed by atoms with Gasteiger partial charge in [0.2, 0.25) is 0 Å². The highest BCUT2D eigenvalue weighted by Crippen LogP contribution is 2.30. The van der Waals surface area contributed by atoms with Crippen LogP contribution in [0.4, 0.5) is 13.2 Å². The molecule has 0 aliphatic rings. The maximum absolute atomic E-state index is 12.6. The lowest BCUT2D eigenvalue weighted by Gasteiger charge is -2.10. The molecule has 5 nitrogen and oxygen atoms in total. The summed E-state index contributed by atoms with van der Waals surface area (Å²) in [6.07, 6.45) is -3.76. The van der Waals surface area contributed by atoms with Crippen molar-refractivity contribution in [2.24, 2.45) is 4.99 Å². The van der Waals surface area contributed by atoms with Crippen LogP contribution in [-0.4, -0.2) is 24.0 Å². The second-order valence-electron chi connectivity index (χ2n) is 5.75. The van der Waals surface area contributed by atoms with Crippen LogP contribution in [-0.2, 0) is 19.1 Å². The summed E-state index contributed by atoms with van der Waals surface area (Å²) < 4.78 is 43.6. The van der Waals surface area contributed by atoms with E-state index in [0.29, 0.717) is 30.5 Å². The molecule has 0 aliphatic heterocycles. The Labute approximate surface area is 158 Å². The first-order chi connectivity index (χ1) is 13.0. The van der Waals surface area contributed by atoms with E-state index in [0.717, 1.165) is 33.4 Å². The standard InChI is InChI=1S/C18H19F3N4OS/c1-2-22-17(24-10-16-25-15(11-27-16)18(19,20)21)23-8-7-13-9-12-5-3-4-6-14(12)26-13/h3-6,9,11H,2,7-8,10H2,1H3,(H2,22,23,24). The van der Waals surface area contributed by atoms with Gasteiger partial charge in [0.25, 0.3) is 0 Å². The van der Waals surface area contributed by atoms with E-state index in [-0.39, 0.29) is 6.54 Å². The molecule has 9 heteroatoms. The number of nitrogens with one attached hydrogen (secondary N) is 2. The summed E-state index contributed by atoms with van der Waals surface area (Å²) in [4.78, 5) is 7.88. The van der Waals surface area contributed by atoms with E-state index < -0.39 is 11.9 Å². The molecular formula is C18H19F3N4OS. The van der Waals surface area contributed by atoms with Crippen molar-refractivity contribution in [2.45, 2.75) is 26.1 Å². The molecule has 0 atom stereocenters. The lowest BCUT2D eigenvalue weighted by atomic mass is 10.2. The van der Waals surface area contributed by atoms with Gasteiger partial charge in [0.15, 0.2) is 11.7 Å². The van der Waals surface area contributed by atoms with E-state index in [1.165, 1.54) is 0 Å². The summed E-state index contributed by atoms with van der Waals surface area (Å²) in [6.45, 7) is 3.22. The molecule has 2 aromatic heterocycles. The van der Waals surface area contributed by atoms with Crippen LogP contribution in [0.5, 0.6) is 0 Å². The number of aromatic nitrogens is 1. The Morgan fingerprint density at radius 2 is 2.07 bits per heavy atom. The second-order valence-corrected chi connectivity index (χ2v) is 6.69. The maximum Gasteiger partial charge on any atom is 0.434 e. The van der Waals surface area contributed by atoms with E-state index in [4.69, 9.17) is 4.42 Å². The summed E-state index contributed by atoms with van der Waals surface area (Å²) in [5, 5.41) is 8.60. The number of rotatable bonds is 6. The zero-order valence-electron chi connectivity index (χ0n) is 14.6. The van der Waals surface area contributed by atoms with Crippen LogP contribution < -0.4 is 10.6 Å². The van der Waals surface area contributed by atoms with Crippen molar-refractivity contribution in [3.63, 3.8) is 0 Å². The number of para-hydroxylation sites is 1. The maximum atomic E-state index is 12.6. The van der Waals surface area contributed by atoms with Crippen LogP contribution in [0.2, 0.25) is 0 Å². The van der Waals surface area contributed by atoms with Gasteiger partial charge in [0.05, 0.1) is 6.54 Å². The minimum atomic E-state index is -4.42. The topological polar surface area (TPSA) is 62.5 Å². The van der Waals surface area contributed by atoms with Crippen molar-refractivity contribution in [1.29, 1.82) is 0 Å². The number of guanidine groups is 1. The van der Waals surface area contributed by atoms with Gasteiger partial charge >= 0.3 is 6.18 Å². The lowest BCUT2D eigenvalue weighted by molar-refractivity contribution is -0.140. The third kappa shape index (κ3) is 5.22. The fourth-order valence-corrected chi connectivity index (χ4v) is 3.19. The molecule has 3 rings (SSSR count). The number of thiazole rings is 1. The van der Waals surface area contributed by atoms with E-state index in [1.807, 2.05) is 37.3 Å². The molecule has 144 valence electrons. The van der Waals surface area contributed by atoms with Gasteiger partial charge in [-0.15, -0.1) is 11.3 Å². The molecular weight excluding hydrogens is 377 g/mol. The summed E-state index contributed by atoms with van der Waals surface area (Å²) >= 11 is 0.951. The Morgan fingerprint density at radius 3 is 2.78 bits per heavy atom. The number of nitrogens with zero attached hydrogens (tertiary/aromatic N) is 2. The molecule has 0 unspecified atom stereocenters. The first-order valence-corrected chi connectivity index (χ1v) is 9.35. The summed E-state index contributed by atoms with van der Waals surface area (Å²) in [5.41, 5.74) is -0.0298. The first-order valence-electron chi connectivity index (χ1n) is 8.47. The highest BCUT2D eigenvalue weighted by molar-refractivity contribution is 7.09. The van der Waals surface area contributed by atoms with Crippen LogP contribution in [0.3, 0.4) is 0 Å². The zero-order valence-corrected chi connectivity index (χ0v) is 15.5. The molecule has 2 N–H and O–H groups in total. The van der Waals surface area contributed by atoms with Gasteiger partial charge in [-0.05, 0) is 19.1 Å². The third-order valence-corrected chi connectivity index (χ3v) is 4.53. The van der Waals surface area contributed by atoms with Gasteiger partial charge in [-0.2, -0.15) is 13.2 Å². The Bertz CT molecular complexity index is 884. The lowest BCUT2D eigenvalue weighted by Crippen LogP contribution is -2.38. The van der Waals surface area contributed by atoms with Crippen LogP contribution in [0.1, 0.15) is 23.4 Å². The summed E-state index contributed by atoms with van der Waals surface area (Å²) in [6, 6.07) is 9.78. The number of benzene rings is 1. The van der Waals surface area contributed by atoms with Gasteiger partial charge in [-0.3, -0.25) is 0 Å². The van der Waals surface area contributed by atoms with Crippen molar-refractivity contribution in [1.82, 2.24) is 15.6 Å². The molecule has 0 bridgehead atoms. The van der Waals surface area contributed by atoms with Crippen LogP contribution in [0, 0.1) is 0 Å². The van der Waals surface area contributed by atoms with Crippen LogP contribution in [0.15, 0.2) is 45.1 Å². The van der Waals surface area contributed by atoms with Crippen LogP contribution in [0.25, 0.3) is 11.0 Å². The zero-order chi connectivity index (χ0) is 19.3. The molecule has 0 amide bonds. The summed E-state index contributed by atoms with van der Waals surface area (Å²) in [7, 11) is 0. The summed E-state index contributed by atoms with van der Waals surface area (Å²) in [5.74, 6) is 1.38. The minimum Gasteiger partial charge on any atom is -0.461 e. The molecule has 1 aromatic carbocycles. The monoisotopic (exact) mass is 396 g/mol. The van der Waals surface area contributed by atoms with Crippen LogP contribution >= 0.6 is 11.3 Å². The number of halogens is 3. The Morgan fingerprint density at radius 1 is 1.26 bits per heavy atom. The largest absolute Gasteiger partial charge is 0.461 e. The van der Waals surface area contributed by atoms with Gasteiger partial charge in [-0.1, -0.05) is 18.2 Å². The number of alkyl halides is 3. The average Bonchev–Trinajstić information content (AvgIpc) is 3.26. The predicted molar refractivity (Wildman–Crippen MR) is 99.9 cm³/mol. The molecule has 0 saturated carbocycles. The Balaban J connectivity index is 1.56. The fraction of sp³-hybridized carbons (Fsp3) is 0.333. The SMILES string of the molecule is CCNC(=NCc1nc(C(F)(F)F)cs1)NCCc1cc2ccccc2o1. The number of hydrogen-bond donors (Lipinski definition) is 2. The van der Waals surface area contributed by atoms with Gasteiger partial charge < -0.3 is 15.1 Å². The average molecular weight is 396 g/mol. The molecule has 3 aromatic rings.